The van der Waals surface area contributed by atoms with Crippen LogP contribution < -0.4 is 5.32 Å². The van der Waals surface area contributed by atoms with Crippen molar-refractivity contribution < 1.29 is 4.39 Å². The molecule has 1 unspecified atom stereocenters. The van der Waals surface area contributed by atoms with Gasteiger partial charge in [-0.05, 0) is 52.5 Å². The van der Waals surface area contributed by atoms with Gasteiger partial charge in [-0.25, -0.2) is 4.39 Å². The van der Waals surface area contributed by atoms with E-state index in [1.54, 1.807) is 10.7 Å². The number of aromatic nitrogens is 2. The van der Waals surface area contributed by atoms with Gasteiger partial charge in [-0.2, -0.15) is 5.10 Å². The SMILES string of the molecule is CCCNC(Cc1cnn(C)c1)c1cccc(F)c1Br. The lowest BCUT2D eigenvalue weighted by atomic mass is 10.0. The first kappa shape index (κ1) is 15.2. The molecule has 1 aromatic carbocycles. The Morgan fingerprint density at radius 3 is 2.90 bits per heavy atom. The molecule has 0 amide bonds. The Kier molecular flexibility index (Phi) is 5.31. The lowest BCUT2D eigenvalue weighted by Gasteiger charge is -2.20. The van der Waals surface area contributed by atoms with Crippen molar-refractivity contribution in [2.24, 2.45) is 7.05 Å². The molecular formula is C15H19BrFN3. The molecule has 0 bridgehead atoms. The smallest absolute Gasteiger partial charge is 0.137 e. The summed E-state index contributed by atoms with van der Waals surface area (Å²) in [6, 6.07) is 5.24. The van der Waals surface area contributed by atoms with Gasteiger partial charge in [0.1, 0.15) is 5.82 Å². The summed E-state index contributed by atoms with van der Waals surface area (Å²) in [5, 5.41) is 7.66. The van der Waals surface area contributed by atoms with E-state index in [1.807, 2.05) is 25.5 Å². The van der Waals surface area contributed by atoms with Crippen molar-refractivity contribution in [1.82, 2.24) is 15.1 Å². The van der Waals surface area contributed by atoms with E-state index < -0.39 is 0 Å². The van der Waals surface area contributed by atoms with Crippen LogP contribution in [0.3, 0.4) is 0 Å². The van der Waals surface area contributed by atoms with E-state index in [2.05, 4.69) is 33.3 Å². The van der Waals surface area contributed by atoms with Crippen molar-refractivity contribution in [2.45, 2.75) is 25.8 Å². The van der Waals surface area contributed by atoms with Crippen molar-refractivity contribution in [3.8, 4) is 0 Å². The quantitative estimate of drug-likeness (QED) is 0.871. The van der Waals surface area contributed by atoms with Gasteiger partial charge in [0, 0.05) is 19.3 Å². The van der Waals surface area contributed by atoms with Gasteiger partial charge in [0.2, 0.25) is 0 Å². The second kappa shape index (κ2) is 6.99. The highest BCUT2D eigenvalue weighted by atomic mass is 79.9. The van der Waals surface area contributed by atoms with Gasteiger partial charge < -0.3 is 5.32 Å². The predicted octanol–water partition coefficient (Wildman–Crippen LogP) is 3.61. The summed E-state index contributed by atoms with van der Waals surface area (Å²) >= 11 is 3.36. The van der Waals surface area contributed by atoms with E-state index >= 15 is 0 Å². The van der Waals surface area contributed by atoms with Crippen LogP contribution >= 0.6 is 15.9 Å². The normalized spacial score (nSPS) is 12.6. The Morgan fingerprint density at radius 1 is 1.45 bits per heavy atom. The first-order valence-corrected chi connectivity index (χ1v) is 7.56. The molecule has 1 heterocycles. The third-order valence-electron chi connectivity index (χ3n) is 3.20. The molecule has 0 aliphatic carbocycles. The number of nitrogens with one attached hydrogen (secondary N) is 1. The zero-order valence-corrected chi connectivity index (χ0v) is 13.3. The van der Waals surface area contributed by atoms with Crippen LogP contribution in [0.5, 0.6) is 0 Å². The number of rotatable bonds is 6. The molecule has 1 aromatic heterocycles. The first-order chi connectivity index (χ1) is 9.61. The summed E-state index contributed by atoms with van der Waals surface area (Å²) in [7, 11) is 1.90. The Morgan fingerprint density at radius 2 is 2.25 bits per heavy atom. The minimum Gasteiger partial charge on any atom is -0.310 e. The second-order valence-corrected chi connectivity index (χ2v) is 5.67. The van der Waals surface area contributed by atoms with Crippen molar-refractivity contribution in [1.29, 1.82) is 0 Å². The topological polar surface area (TPSA) is 29.9 Å². The van der Waals surface area contributed by atoms with Crippen LogP contribution in [0, 0.1) is 5.82 Å². The Balaban J connectivity index is 2.24. The molecular weight excluding hydrogens is 321 g/mol. The van der Waals surface area contributed by atoms with Crippen LogP contribution in [0.2, 0.25) is 0 Å². The number of aryl methyl sites for hydroxylation is 1. The monoisotopic (exact) mass is 339 g/mol. The molecule has 2 aromatic rings. The maximum absolute atomic E-state index is 13.7. The van der Waals surface area contributed by atoms with Gasteiger partial charge >= 0.3 is 0 Å². The summed E-state index contributed by atoms with van der Waals surface area (Å²) < 4.78 is 16.0. The molecule has 3 nitrogen and oxygen atoms in total. The molecule has 0 radical (unpaired) electrons. The van der Waals surface area contributed by atoms with Gasteiger partial charge in [-0.15, -0.1) is 0 Å². The zero-order chi connectivity index (χ0) is 14.5. The molecule has 1 atom stereocenters. The maximum Gasteiger partial charge on any atom is 0.137 e. The third-order valence-corrected chi connectivity index (χ3v) is 4.03. The first-order valence-electron chi connectivity index (χ1n) is 6.76. The second-order valence-electron chi connectivity index (χ2n) is 4.88. The minimum absolute atomic E-state index is 0.0734. The summed E-state index contributed by atoms with van der Waals surface area (Å²) in [5.74, 6) is -0.225. The fourth-order valence-corrected chi connectivity index (χ4v) is 2.75. The van der Waals surface area contributed by atoms with Crippen LogP contribution in [0.4, 0.5) is 4.39 Å². The average molecular weight is 340 g/mol. The Labute approximate surface area is 127 Å². The number of hydrogen-bond donors (Lipinski definition) is 1. The fraction of sp³-hybridized carbons (Fsp3) is 0.400. The highest BCUT2D eigenvalue weighted by Crippen LogP contribution is 2.28. The van der Waals surface area contributed by atoms with E-state index in [4.69, 9.17) is 0 Å². The standard InChI is InChI=1S/C15H19BrFN3/c1-3-7-18-14(8-11-9-19-20(2)10-11)12-5-4-6-13(17)15(12)16/h4-6,9-10,14,18H,3,7-8H2,1-2H3. The van der Waals surface area contributed by atoms with Gasteiger partial charge in [-0.1, -0.05) is 19.1 Å². The van der Waals surface area contributed by atoms with E-state index in [1.165, 1.54) is 6.07 Å². The maximum atomic E-state index is 13.7. The number of benzene rings is 1. The van der Waals surface area contributed by atoms with Gasteiger partial charge in [0.05, 0.1) is 10.7 Å². The van der Waals surface area contributed by atoms with Crippen molar-refractivity contribution in [3.63, 3.8) is 0 Å². The minimum atomic E-state index is -0.225. The fourth-order valence-electron chi connectivity index (χ4n) is 2.21. The van der Waals surface area contributed by atoms with Crippen LogP contribution in [0.25, 0.3) is 0 Å². The van der Waals surface area contributed by atoms with Crippen LogP contribution in [0.1, 0.15) is 30.5 Å². The van der Waals surface area contributed by atoms with E-state index in [0.29, 0.717) is 4.47 Å². The molecule has 0 saturated carbocycles. The van der Waals surface area contributed by atoms with Crippen molar-refractivity contribution >= 4 is 15.9 Å². The number of nitrogens with zero attached hydrogens (tertiary/aromatic N) is 2. The van der Waals surface area contributed by atoms with E-state index in [9.17, 15) is 4.39 Å². The third kappa shape index (κ3) is 3.67. The highest BCUT2D eigenvalue weighted by molar-refractivity contribution is 9.10. The van der Waals surface area contributed by atoms with Crippen LogP contribution in [-0.4, -0.2) is 16.3 Å². The van der Waals surface area contributed by atoms with Gasteiger partial charge in [0.15, 0.2) is 0 Å². The lowest BCUT2D eigenvalue weighted by molar-refractivity contribution is 0.521. The van der Waals surface area contributed by atoms with E-state index in [-0.39, 0.29) is 11.9 Å². The Hall–Kier alpha value is -1.20. The largest absolute Gasteiger partial charge is 0.310 e. The Bertz CT molecular complexity index is 568. The summed E-state index contributed by atoms with van der Waals surface area (Å²) in [5.41, 5.74) is 2.08. The summed E-state index contributed by atoms with van der Waals surface area (Å²) in [6.07, 6.45) is 5.67. The zero-order valence-electron chi connectivity index (χ0n) is 11.7. The molecule has 0 aliphatic heterocycles. The number of hydrogen-bond acceptors (Lipinski definition) is 2. The molecule has 0 spiro atoms. The van der Waals surface area contributed by atoms with Crippen molar-refractivity contribution in [2.75, 3.05) is 6.54 Å². The lowest BCUT2D eigenvalue weighted by Crippen LogP contribution is -2.24. The molecule has 0 saturated heterocycles. The number of halogens is 2. The predicted molar refractivity (Wildman–Crippen MR) is 82.0 cm³/mol. The molecule has 1 N–H and O–H groups in total. The molecule has 2 rings (SSSR count). The van der Waals surface area contributed by atoms with Crippen molar-refractivity contribution in [3.05, 3.63) is 52.0 Å². The summed E-state index contributed by atoms with van der Waals surface area (Å²) in [4.78, 5) is 0. The molecule has 20 heavy (non-hydrogen) atoms. The van der Waals surface area contributed by atoms with Gasteiger partial charge in [-0.3, -0.25) is 4.68 Å². The van der Waals surface area contributed by atoms with Crippen LogP contribution in [-0.2, 0) is 13.5 Å². The highest BCUT2D eigenvalue weighted by Gasteiger charge is 2.17. The molecule has 0 fully saturated rings. The van der Waals surface area contributed by atoms with Gasteiger partial charge in [0.25, 0.3) is 0 Å². The van der Waals surface area contributed by atoms with E-state index in [0.717, 1.165) is 30.5 Å². The summed E-state index contributed by atoms with van der Waals surface area (Å²) in [6.45, 7) is 3.02. The average Bonchev–Trinajstić information content (AvgIpc) is 2.83. The van der Waals surface area contributed by atoms with Crippen LogP contribution in [0.15, 0.2) is 35.1 Å². The molecule has 108 valence electrons. The molecule has 0 aliphatic rings. The molecule has 5 heteroatoms.